The Labute approximate surface area is 87.2 Å². The Hall–Kier alpha value is -1.13. The molecule has 0 aliphatic carbocycles. The van der Waals surface area contributed by atoms with Crippen LogP contribution in [0.1, 0.15) is 16.5 Å². The van der Waals surface area contributed by atoms with E-state index in [9.17, 15) is 0 Å². The van der Waals surface area contributed by atoms with Crippen molar-refractivity contribution >= 4 is 11.3 Å². The number of nitrogens with two attached hydrogens (primary N) is 1. The van der Waals surface area contributed by atoms with Crippen LogP contribution in [0.2, 0.25) is 0 Å². The van der Waals surface area contributed by atoms with E-state index < -0.39 is 0 Å². The zero-order valence-corrected chi connectivity index (χ0v) is 8.87. The van der Waals surface area contributed by atoms with Crippen molar-refractivity contribution in [3.05, 3.63) is 40.3 Å². The summed E-state index contributed by atoms with van der Waals surface area (Å²) in [7, 11) is 0. The number of hydrogen-bond donors (Lipinski definition) is 1. The number of nitrogens with zero attached hydrogens (tertiary/aromatic N) is 2. The molecule has 4 heteroatoms. The highest BCUT2D eigenvalue weighted by atomic mass is 32.1. The summed E-state index contributed by atoms with van der Waals surface area (Å²) in [6, 6.07) is 4.32. The van der Waals surface area contributed by atoms with Gasteiger partial charge in [0, 0.05) is 17.6 Å². The van der Waals surface area contributed by atoms with E-state index >= 15 is 0 Å². The van der Waals surface area contributed by atoms with Crippen molar-refractivity contribution in [1.82, 2.24) is 9.78 Å². The summed E-state index contributed by atoms with van der Waals surface area (Å²) in [6.45, 7) is 2.62. The van der Waals surface area contributed by atoms with Gasteiger partial charge in [0.25, 0.3) is 0 Å². The van der Waals surface area contributed by atoms with E-state index in [4.69, 9.17) is 5.73 Å². The summed E-state index contributed by atoms with van der Waals surface area (Å²) < 4.78 is 1.93. The lowest BCUT2D eigenvalue weighted by molar-refractivity contribution is 0.539. The average Bonchev–Trinajstić information content (AvgIpc) is 2.79. The molecule has 0 fully saturated rings. The van der Waals surface area contributed by atoms with Gasteiger partial charge in [0.15, 0.2) is 0 Å². The third-order valence-corrected chi connectivity index (χ3v) is 3.12. The van der Waals surface area contributed by atoms with Crippen LogP contribution in [-0.2, 0) is 0 Å². The third kappa shape index (κ3) is 1.71. The zero-order valence-electron chi connectivity index (χ0n) is 8.05. The van der Waals surface area contributed by atoms with E-state index in [0.717, 1.165) is 0 Å². The van der Waals surface area contributed by atoms with Crippen molar-refractivity contribution in [3.8, 4) is 0 Å². The van der Waals surface area contributed by atoms with Gasteiger partial charge in [0.1, 0.15) is 0 Å². The van der Waals surface area contributed by atoms with Crippen molar-refractivity contribution in [2.24, 2.45) is 5.73 Å². The molecule has 1 unspecified atom stereocenters. The summed E-state index contributed by atoms with van der Waals surface area (Å²) in [6.07, 6.45) is 3.88. The van der Waals surface area contributed by atoms with E-state index in [1.807, 2.05) is 30.1 Å². The molecule has 0 bridgehead atoms. The van der Waals surface area contributed by atoms with Crippen LogP contribution >= 0.6 is 11.3 Å². The molecule has 0 radical (unpaired) electrons. The van der Waals surface area contributed by atoms with Crippen LogP contribution in [0.4, 0.5) is 0 Å². The molecular formula is C10H13N3S. The average molecular weight is 207 g/mol. The highest BCUT2D eigenvalue weighted by Gasteiger charge is 2.12. The number of thiophene rings is 1. The molecule has 3 nitrogen and oxygen atoms in total. The number of aromatic nitrogens is 2. The van der Waals surface area contributed by atoms with E-state index in [1.165, 1.54) is 10.4 Å². The molecular weight excluding hydrogens is 194 g/mol. The summed E-state index contributed by atoms with van der Waals surface area (Å²) in [5.41, 5.74) is 6.92. The van der Waals surface area contributed by atoms with Gasteiger partial charge in [0.2, 0.25) is 0 Å². The molecule has 14 heavy (non-hydrogen) atoms. The van der Waals surface area contributed by atoms with Crippen molar-refractivity contribution in [2.45, 2.75) is 13.0 Å². The van der Waals surface area contributed by atoms with Crippen molar-refractivity contribution in [1.29, 1.82) is 0 Å². The van der Waals surface area contributed by atoms with Crippen LogP contribution in [-0.4, -0.2) is 16.3 Å². The molecule has 2 heterocycles. The molecule has 0 aliphatic rings. The molecule has 2 N–H and O–H groups in total. The van der Waals surface area contributed by atoms with E-state index in [-0.39, 0.29) is 6.04 Å². The minimum absolute atomic E-state index is 0.184. The fourth-order valence-corrected chi connectivity index (χ4v) is 2.27. The van der Waals surface area contributed by atoms with Crippen LogP contribution in [0.25, 0.3) is 0 Å². The number of aryl methyl sites for hydroxylation is 1. The van der Waals surface area contributed by atoms with Gasteiger partial charge in [-0.3, -0.25) is 4.68 Å². The Bertz CT molecular complexity index is 391. The molecule has 2 aromatic heterocycles. The third-order valence-electron chi connectivity index (χ3n) is 2.14. The maximum atomic E-state index is 5.75. The lowest BCUT2D eigenvalue weighted by Crippen LogP contribution is -2.19. The SMILES string of the molecule is Cc1cnn(C(CN)c2cccs2)c1. The molecule has 74 valence electrons. The van der Waals surface area contributed by atoms with Gasteiger partial charge in [-0.05, 0) is 23.9 Å². The summed E-state index contributed by atoms with van der Waals surface area (Å²) in [4.78, 5) is 1.26. The first kappa shape index (κ1) is 9.43. The highest BCUT2D eigenvalue weighted by Crippen LogP contribution is 2.21. The second-order valence-electron chi connectivity index (χ2n) is 3.26. The van der Waals surface area contributed by atoms with Crippen LogP contribution < -0.4 is 5.73 Å². The van der Waals surface area contributed by atoms with Crippen molar-refractivity contribution in [3.63, 3.8) is 0 Å². The lowest BCUT2D eigenvalue weighted by Gasteiger charge is -2.13. The Balaban J connectivity index is 2.31. The second-order valence-corrected chi connectivity index (χ2v) is 4.24. The second kappa shape index (κ2) is 3.94. The normalized spacial score (nSPS) is 13.0. The van der Waals surface area contributed by atoms with Crippen LogP contribution in [0.3, 0.4) is 0 Å². The van der Waals surface area contributed by atoms with Gasteiger partial charge < -0.3 is 5.73 Å². The van der Waals surface area contributed by atoms with Gasteiger partial charge >= 0.3 is 0 Å². The maximum absolute atomic E-state index is 5.75. The van der Waals surface area contributed by atoms with Crippen molar-refractivity contribution < 1.29 is 0 Å². The van der Waals surface area contributed by atoms with Gasteiger partial charge in [-0.25, -0.2) is 0 Å². The molecule has 0 spiro atoms. The van der Waals surface area contributed by atoms with Gasteiger partial charge in [-0.2, -0.15) is 5.10 Å². The minimum atomic E-state index is 0.184. The predicted molar refractivity (Wildman–Crippen MR) is 58.5 cm³/mol. The maximum Gasteiger partial charge on any atom is 0.0982 e. The Morgan fingerprint density at radius 1 is 1.64 bits per heavy atom. The summed E-state index contributed by atoms with van der Waals surface area (Å²) in [5, 5.41) is 6.35. The molecule has 0 saturated heterocycles. The Morgan fingerprint density at radius 2 is 2.50 bits per heavy atom. The topological polar surface area (TPSA) is 43.8 Å². The fourth-order valence-electron chi connectivity index (χ4n) is 1.44. The Kier molecular flexibility index (Phi) is 2.65. The van der Waals surface area contributed by atoms with Crippen molar-refractivity contribution in [2.75, 3.05) is 6.54 Å². The largest absolute Gasteiger partial charge is 0.328 e. The van der Waals surface area contributed by atoms with Gasteiger partial charge in [-0.1, -0.05) is 6.07 Å². The fraction of sp³-hybridized carbons (Fsp3) is 0.300. The first-order chi connectivity index (χ1) is 6.81. The number of hydrogen-bond acceptors (Lipinski definition) is 3. The molecule has 0 amide bonds. The monoisotopic (exact) mass is 207 g/mol. The smallest absolute Gasteiger partial charge is 0.0982 e. The first-order valence-corrected chi connectivity index (χ1v) is 5.43. The molecule has 0 aromatic carbocycles. The zero-order chi connectivity index (χ0) is 9.97. The quantitative estimate of drug-likeness (QED) is 0.834. The van der Waals surface area contributed by atoms with E-state index in [2.05, 4.69) is 16.5 Å². The minimum Gasteiger partial charge on any atom is -0.328 e. The summed E-state index contributed by atoms with van der Waals surface area (Å²) >= 11 is 1.72. The molecule has 2 rings (SSSR count). The highest BCUT2D eigenvalue weighted by molar-refractivity contribution is 7.10. The molecule has 0 aliphatic heterocycles. The van der Waals surface area contributed by atoms with Gasteiger partial charge in [0.05, 0.1) is 12.2 Å². The van der Waals surface area contributed by atoms with Crippen LogP contribution in [0, 0.1) is 6.92 Å². The van der Waals surface area contributed by atoms with Crippen LogP contribution in [0.15, 0.2) is 29.9 Å². The molecule has 2 aromatic rings. The predicted octanol–water partition coefficient (Wildman–Crippen LogP) is 1.80. The van der Waals surface area contributed by atoms with E-state index in [1.54, 1.807) is 11.3 Å². The lowest BCUT2D eigenvalue weighted by atomic mass is 10.2. The standard InChI is InChI=1S/C10H13N3S/c1-8-6-12-13(7-8)9(5-11)10-3-2-4-14-10/h2-4,6-7,9H,5,11H2,1H3. The Morgan fingerprint density at radius 3 is 3.00 bits per heavy atom. The summed E-state index contributed by atoms with van der Waals surface area (Å²) in [5.74, 6) is 0. The van der Waals surface area contributed by atoms with Crippen LogP contribution in [0.5, 0.6) is 0 Å². The first-order valence-electron chi connectivity index (χ1n) is 4.55. The van der Waals surface area contributed by atoms with E-state index in [0.29, 0.717) is 6.54 Å². The molecule has 0 saturated carbocycles. The number of rotatable bonds is 3. The van der Waals surface area contributed by atoms with Gasteiger partial charge in [-0.15, -0.1) is 11.3 Å². The molecule has 1 atom stereocenters.